The fourth-order valence-electron chi connectivity index (χ4n) is 5.19. The summed E-state index contributed by atoms with van der Waals surface area (Å²) in [5, 5.41) is 15.0. The van der Waals surface area contributed by atoms with Crippen molar-refractivity contribution in [2.24, 2.45) is 11.8 Å². The lowest BCUT2D eigenvalue weighted by molar-refractivity contribution is 0.0306. The van der Waals surface area contributed by atoms with Crippen LogP contribution in [0.2, 0.25) is 0 Å². The number of benzene rings is 2. The minimum Gasteiger partial charge on any atom is -0.496 e. The topological polar surface area (TPSA) is 67.6 Å². The summed E-state index contributed by atoms with van der Waals surface area (Å²) in [6, 6.07) is 17.5. The summed E-state index contributed by atoms with van der Waals surface area (Å²) < 4.78 is 7.32. The number of ether oxygens (including phenoxy) is 1. The van der Waals surface area contributed by atoms with Crippen LogP contribution in [0.1, 0.15) is 29.2 Å². The van der Waals surface area contributed by atoms with E-state index in [2.05, 4.69) is 5.10 Å². The van der Waals surface area contributed by atoms with Crippen molar-refractivity contribution in [1.29, 1.82) is 0 Å². The number of carbonyl (C=O) groups excluding carboxylic acids is 1. The van der Waals surface area contributed by atoms with Crippen LogP contribution in [0.15, 0.2) is 67.0 Å². The van der Waals surface area contributed by atoms with Crippen LogP contribution in [0, 0.1) is 11.8 Å². The van der Waals surface area contributed by atoms with E-state index in [9.17, 15) is 9.90 Å². The van der Waals surface area contributed by atoms with Gasteiger partial charge in [-0.05, 0) is 54.5 Å². The molecule has 5 rings (SSSR count). The number of fused-ring (bicyclic) bond motifs is 1. The third-order valence-electron chi connectivity index (χ3n) is 6.81. The van der Waals surface area contributed by atoms with Gasteiger partial charge in [-0.15, -0.1) is 0 Å². The summed E-state index contributed by atoms with van der Waals surface area (Å²) in [4.78, 5) is 15.1. The summed E-state index contributed by atoms with van der Waals surface area (Å²) in [5.74, 6) is 1.62. The van der Waals surface area contributed by atoms with Gasteiger partial charge in [0.05, 0.1) is 19.3 Å². The number of carbonyl (C=O) groups is 1. The molecule has 2 fully saturated rings. The van der Waals surface area contributed by atoms with Gasteiger partial charge >= 0.3 is 0 Å². The van der Waals surface area contributed by atoms with Gasteiger partial charge in [0, 0.05) is 36.6 Å². The molecule has 3 aromatic rings. The number of methoxy groups -OCH3 is 1. The first kappa shape index (κ1) is 19.8. The summed E-state index contributed by atoms with van der Waals surface area (Å²) >= 11 is 0. The molecule has 0 radical (unpaired) electrons. The van der Waals surface area contributed by atoms with Crippen molar-refractivity contribution >= 4 is 5.91 Å². The highest BCUT2D eigenvalue weighted by atomic mass is 16.5. The number of aromatic nitrogens is 2. The van der Waals surface area contributed by atoms with Crippen molar-refractivity contribution in [2.75, 3.05) is 20.2 Å². The number of aliphatic hydroxyl groups excluding tert-OH is 1. The molecular formula is C25H27N3O3. The van der Waals surface area contributed by atoms with Crippen LogP contribution in [-0.4, -0.2) is 52.0 Å². The quantitative estimate of drug-likeness (QED) is 0.704. The zero-order valence-electron chi connectivity index (χ0n) is 17.6. The Hall–Kier alpha value is -3.12. The molecule has 1 aliphatic heterocycles. The lowest BCUT2D eigenvalue weighted by Gasteiger charge is -2.35. The van der Waals surface area contributed by atoms with Gasteiger partial charge in [-0.25, -0.2) is 0 Å². The number of rotatable bonds is 4. The number of hydrogen-bond acceptors (Lipinski definition) is 4. The largest absolute Gasteiger partial charge is 0.496 e. The molecular weight excluding hydrogens is 390 g/mol. The summed E-state index contributed by atoms with van der Waals surface area (Å²) in [6.07, 6.45) is 4.81. The number of nitrogens with zero attached hydrogens (tertiary/aromatic N) is 3. The number of amides is 1. The Morgan fingerprint density at radius 3 is 2.48 bits per heavy atom. The van der Waals surface area contributed by atoms with Gasteiger partial charge < -0.3 is 14.7 Å². The van der Waals surface area contributed by atoms with E-state index >= 15 is 0 Å². The first-order valence-electron chi connectivity index (χ1n) is 10.8. The molecule has 4 atom stereocenters. The highest BCUT2D eigenvalue weighted by Gasteiger charge is 2.43. The molecule has 1 aromatic heterocycles. The first-order valence-corrected chi connectivity index (χ1v) is 10.8. The van der Waals surface area contributed by atoms with Gasteiger partial charge in [0.2, 0.25) is 0 Å². The highest BCUT2D eigenvalue weighted by molar-refractivity contribution is 5.95. The second-order valence-electron chi connectivity index (χ2n) is 8.60. The van der Waals surface area contributed by atoms with Crippen LogP contribution in [-0.2, 0) is 0 Å². The van der Waals surface area contributed by atoms with Crippen LogP contribution < -0.4 is 4.74 Å². The maximum atomic E-state index is 13.2. The molecule has 0 unspecified atom stereocenters. The Balaban J connectivity index is 1.29. The molecule has 6 heteroatoms. The Labute approximate surface area is 182 Å². The van der Waals surface area contributed by atoms with Crippen molar-refractivity contribution < 1.29 is 14.6 Å². The highest BCUT2D eigenvalue weighted by Crippen LogP contribution is 2.41. The van der Waals surface area contributed by atoms with Crippen molar-refractivity contribution in [3.63, 3.8) is 0 Å². The Kier molecular flexibility index (Phi) is 5.24. The van der Waals surface area contributed by atoms with E-state index in [0.717, 1.165) is 29.8 Å². The average molecular weight is 418 g/mol. The molecule has 6 nitrogen and oxygen atoms in total. The molecule has 1 amide bonds. The Morgan fingerprint density at radius 2 is 1.77 bits per heavy atom. The maximum Gasteiger partial charge on any atom is 0.253 e. The fraction of sp³-hybridized carbons (Fsp3) is 0.360. The molecule has 0 spiro atoms. The van der Waals surface area contributed by atoms with Crippen LogP contribution in [0.3, 0.4) is 0 Å². The molecule has 1 aliphatic carbocycles. The monoisotopic (exact) mass is 417 g/mol. The minimum absolute atomic E-state index is 0.00793. The molecule has 1 saturated heterocycles. The fourth-order valence-corrected chi connectivity index (χ4v) is 5.19. The lowest BCUT2D eigenvalue weighted by Crippen LogP contribution is -2.36. The van der Waals surface area contributed by atoms with E-state index in [0.29, 0.717) is 30.4 Å². The number of likely N-dealkylation sites (tertiary alicyclic amines) is 1. The van der Waals surface area contributed by atoms with E-state index in [1.165, 1.54) is 0 Å². The standard InChI is InChI=1S/C25H27N3O3/c1-31-24-6-3-2-5-21(24)17-7-9-18(10-8-17)25(30)27-15-19-13-22(28-12-4-11-26-28)23(29)14-20(19)16-27/h2-12,19-20,22-23,29H,13-16H2,1H3/t19-,20+,22-,23-/m1/s1. The normalized spacial score (nSPS) is 25.3. The van der Waals surface area contributed by atoms with Crippen LogP contribution in [0.25, 0.3) is 11.1 Å². The molecule has 2 heterocycles. The summed E-state index contributed by atoms with van der Waals surface area (Å²) in [5.41, 5.74) is 2.73. The number of aliphatic hydroxyl groups is 1. The Bertz CT molecular complexity index is 1050. The van der Waals surface area contributed by atoms with Gasteiger partial charge in [0.1, 0.15) is 5.75 Å². The van der Waals surface area contributed by atoms with E-state index in [1.807, 2.05) is 70.4 Å². The second kappa shape index (κ2) is 8.19. The smallest absolute Gasteiger partial charge is 0.253 e. The van der Waals surface area contributed by atoms with E-state index < -0.39 is 6.10 Å². The van der Waals surface area contributed by atoms with Crippen LogP contribution >= 0.6 is 0 Å². The van der Waals surface area contributed by atoms with Crippen molar-refractivity contribution in [1.82, 2.24) is 14.7 Å². The molecule has 2 aliphatic rings. The predicted molar refractivity (Wildman–Crippen MR) is 118 cm³/mol. The number of para-hydroxylation sites is 1. The lowest BCUT2D eigenvalue weighted by atomic mass is 9.77. The summed E-state index contributed by atoms with van der Waals surface area (Å²) in [6.45, 7) is 1.45. The van der Waals surface area contributed by atoms with E-state index in [-0.39, 0.29) is 11.9 Å². The minimum atomic E-state index is -0.420. The molecule has 31 heavy (non-hydrogen) atoms. The number of hydrogen-bond donors (Lipinski definition) is 1. The third kappa shape index (κ3) is 3.72. The molecule has 160 valence electrons. The Morgan fingerprint density at radius 1 is 1.03 bits per heavy atom. The zero-order valence-corrected chi connectivity index (χ0v) is 17.6. The molecule has 0 bridgehead atoms. The van der Waals surface area contributed by atoms with Gasteiger partial charge in [0.25, 0.3) is 5.91 Å². The van der Waals surface area contributed by atoms with Gasteiger partial charge in [-0.3, -0.25) is 9.48 Å². The van der Waals surface area contributed by atoms with Crippen molar-refractivity contribution in [3.8, 4) is 16.9 Å². The SMILES string of the molecule is COc1ccccc1-c1ccc(C(=O)N2C[C@H]3C[C@@H](n4cccn4)[C@H](O)C[C@H]3C2)cc1. The van der Waals surface area contributed by atoms with Gasteiger partial charge in [-0.2, -0.15) is 5.10 Å². The van der Waals surface area contributed by atoms with Crippen molar-refractivity contribution in [3.05, 3.63) is 72.6 Å². The van der Waals surface area contributed by atoms with Crippen LogP contribution in [0.4, 0.5) is 0 Å². The first-order chi connectivity index (χ1) is 15.1. The predicted octanol–water partition coefficient (Wildman–Crippen LogP) is 3.64. The second-order valence-corrected chi connectivity index (χ2v) is 8.60. The maximum absolute atomic E-state index is 13.2. The summed E-state index contributed by atoms with van der Waals surface area (Å²) in [7, 11) is 1.66. The average Bonchev–Trinajstić information content (AvgIpc) is 3.48. The van der Waals surface area contributed by atoms with Crippen molar-refractivity contribution in [2.45, 2.75) is 25.0 Å². The zero-order chi connectivity index (χ0) is 21.4. The van der Waals surface area contributed by atoms with Gasteiger partial charge in [0.15, 0.2) is 0 Å². The molecule has 1 N–H and O–H groups in total. The van der Waals surface area contributed by atoms with Crippen LogP contribution in [0.5, 0.6) is 5.75 Å². The molecule has 2 aromatic carbocycles. The van der Waals surface area contributed by atoms with Gasteiger partial charge in [-0.1, -0.05) is 30.3 Å². The van der Waals surface area contributed by atoms with E-state index in [1.54, 1.807) is 13.3 Å². The third-order valence-corrected chi connectivity index (χ3v) is 6.81. The van der Waals surface area contributed by atoms with E-state index in [4.69, 9.17) is 4.74 Å². The molecule has 1 saturated carbocycles.